The Morgan fingerprint density at radius 3 is 2.44 bits per heavy atom. The maximum Gasteiger partial charge on any atom is 0.344 e. The zero-order valence-electron chi connectivity index (χ0n) is 16.0. The van der Waals surface area contributed by atoms with Crippen molar-refractivity contribution in [3.8, 4) is 5.75 Å². The normalized spacial score (nSPS) is 19.0. The molecule has 27 heavy (non-hydrogen) atoms. The van der Waals surface area contributed by atoms with Crippen molar-refractivity contribution in [1.82, 2.24) is 10.6 Å². The fraction of sp³-hybridized carbons (Fsp3) is 0.550. The third-order valence-corrected chi connectivity index (χ3v) is 4.73. The number of urea groups is 1. The second-order valence-electron chi connectivity index (χ2n) is 6.84. The molecule has 3 amide bonds. The molecule has 0 aromatic heterocycles. The van der Waals surface area contributed by atoms with E-state index >= 15 is 0 Å². The number of carbonyl (C=O) groups excluding carboxylic acids is 3. The first-order valence-electron chi connectivity index (χ1n) is 9.45. The van der Waals surface area contributed by atoms with Crippen LogP contribution in [0.3, 0.4) is 0 Å². The van der Waals surface area contributed by atoms with Gasteiger partial charge in [-0.3, -0.25) is 10.1 Å². The van der Waals surface area contributed by atoms with Gasteiger partial charge in [0, 0.05) is 6.04 Å². The van der Waals surface area contributed by atoms with Crippen LogP contribution in [-0.4, -0.2) is 37.2 Å². The predicted molar refractivity (Wildman–Crippen MR) is 100 cm³/mol. The van der Waals surface area contributed by atoms with E-state index < -0.39 is 24.5 Å². The zero-order chi connectivity index (χ0) is 19.6. The zero-order valence-corrected chi connectivity index (χ0v) is 16.0. The number of imide groups is 1. The molecule has 1 aromatic rings. The standard InChI is InChI=1S/C20H28N2O5/c1-3-15-8-10-16(11-9-15)26-13-19(24)27-12-18(23)22-20(25)21-17-7-5-4-6-14(17)2/h8-11,14,17H,3-7,12-13H2,1-2H3,(H2,21,22,23,25). The maximum atomic E-state index is 11.9. The predicted octanol–water partition coefficient (Wildman–Crippen LogP) is 2.58. The lowest BCUT2D eigenvalue weighted by Gasteiger charge is -2.29. The highest BCUT2D eigenvalue weighted by Gasteiger charge is 2.23. The third kappa shape index (κ3) is 7.29. The molecular weight excluding hydrogens is 348 g/mol. The quantitative estimate of drug-likeness (QED) is 0.714. The molecule has 0 spiro atoms. The summed E-state index contributed by atoms with van der Waals surface area (Å²) in [5.41, 5.74) is 1.17. The average Bonchev–Trinajstić information content (AvgIpc) is 2.67. The molecule has 7 heteroatoms. The van der Waals surface area contributed by atoms with E-state index in [0.29, 0.717) is 11.7 Å². The van der Waals surface area contributed by atoms with Crippen molar-refractivity contribution >= 4 is 17.9 Å². The van der Waals surface area contributed by atoms with Gasteiger partial charge < -0.3 is 14.8 Å². The Kier molecular flexibility index (Phi) is 8.10. The van der Waals surface area contributed by atoms with Gasteiger partial charge in [-0.05, 0) is 42.9 Å². The fourth-order valence-electron chi connectivity index (χ4n) is 3.05. The van der Waals surface area contributed by atoms with E-state index in [9.17, 15) is 14.4 Å². The van der Waals surface area contributed by atoms with Crippen LogP contribution in [0, 0.1) is 5.92 Å². The Bertz CT molecular complexity index is 644. The number of rotatable bonds is 7. The van der Waals surface area contributed by atoms with E-state index in [-0.39, 0.29) is 12.6 Å². The SMILES string of the molecule is CCc1ccc(OCC(=O)OCC(=O)NC(=O)NC2CCCCC2C)cc1. The number of esters is 1. The van der Waals surface area contributed by atoms with Crippen LogP contribution in [0.5, 0.6) is 5.75 Å². The summed E-state index contributed by atoms with van der Waals surface area (Å²) in [6, 6.07) is 6.90. The van der Waals surface area contributed by atoms with Crippen LogP contribution in [0.4, 0.5) is 4.79 Å². The summed E-state index contributed by atoms with van der Waals surface area (Å²) in [5, 5.41) is 4.99. The molecule has 0 bridgehead atoms. The van der Waals surface area contributed by atoms with E-state index in [1.807, 2.05) is 19.1 Å². The lowest BCUT2D eigenvalue weighted by atomic mass is 9.86. The van der Waals surface area contributed by atoms with Crippen LogP contribution < -0.4 is 15.4 Å². The van der Waals surface area contributed by atoms with E-state index in [0.717, 1.165) is 25.7 Å². The van der Waals surface area contributed by atoms with Gasteiger partial charge >= 0.3 is 12.0 Å². The van der Waals surface area contributed by atoms with Crippen LogP contribution in [-0.2, 0) is 20.7 Å². The Labute approximate surface area is 159 Å². The van der Waals surface area contributed by atoms with Crippen LogP contribution in [0.2, 0.25) is 0 Å². The molecule has 1 saturated carbocycles. The van der Waals surface area contributed by atoms with E-state index in [1.54, 1.807) is 12.1 Å². The van der Waals surface area contributed by atoms with Gasteiger partial charge in [-0.25, -0.2) is 9.59 Å². The molecule has 1 aliphatic carbocycles. The van der Waals surface area contributed by atoms with E-state index in [2.05, 4.69) is 17.6 Å². The van der Waals surface area contributed by atoms with E-state index in [1.165, 1.54) is 12.0 Å². The molecule has 1 fully saturated rings. The summed E-state index contributed by atoms with van der Waals surface area (Å²) >= 11 is 0. The summed E-state index contributed by atoms with van der Waals surface area (Å²) in [7, 11) is 0. The van der Waals surface area contributed by atoms with Crippen molar-refractivity contribution in [3.63, 3.8) is 0 Å². The Balaban J connectivity index is 1.63. The van der Waals surface area contributed by atoms with Crippen molar-refractivity contribution in [2.24, 2.45) is 5.92 Å². The number of nitrogens with one attached hydrogen (secondary N) is 2. The van der Waals surface area contributed by atoms with Crippen molar-refractivity contribution in [2.45, 2.75) is 52.0 Å². The number of hydrogen-bond acceptors (Lipinski definition) is 5. The van der Waals surface area contributed by atoms with Crippen LogP contribution >= 0.6 is 0 Å². The molecular formula is C20H28N2O5. The highest BCUT2D eigenvalue weighted by Crippen LogP contribution is 2.23. The van der Waals surface area contributed by atoms with E-state index in [4.69, 9.17) is 9.47 Å². The Hall–Kier alpha value is -2.57. The summed E-state index contributed by atoms with van der Waals surface area (Å²) in [6.45, 7) is 3.31. The molecule has 1 aromatic carbocycles. The number of amides is 3. The largest absolute Gasteiger partial charge is 0.482 e. The summed E-state index contributed by atoms with van der Waals surface area (Å²) in [6.07, 6.45) is 5.14. The number of carbonyl (C=O) groups is 3. The second-order valence-corrected chi connectivity index (χ2v) is 6.84. The molecule has 7 nitrogen and oxygen atoms in total. The van der Waals surface area contributed by atoms with Gasteiger partial charge in [-0.1, -0.05) is 38.8 Å². The van der Waals surface area contributed by atoms with Gasteiger partial charge in [0.1, 0.15) is 5.75 Å². The first-order chi connectivity index (χ1) is 13.0. The van der Waals surface area contributed by atoms with Gasteiger partial charge in [-0.15, -0.1) is 0 Å². The number of hydrogen-bond donors (Lipinski definition) is 2. The highest BCUT2D eigenvalue weighted by molar-refractivity contribution is 5.95. The van der Waals surface area contributed by atoms with Gasteiger partial charge in [-0.2, -0.15) is 0 Å². The van der Waals surface area contributed by atoms with Gasteiger partial charge in [0.05, 0.1) is 0 Å². The smallest absolute Gasteiger partial charge is 0.344 e. The number of ether oxygens (including phenoxy) is 2. The highest BCUT2D eigenvalue weighted by atomic mass is 16.6. The minimum atomic E-state index is -0.675. The maximum absolute atomic E-state index is 11.9. The molecule has 0 heterocycles. The van der Waals surface area contributed by atoms with Gasteiger partial charge in [0.25, 0.3) is 5.91 Å². The first-order valence-corrected chi connectivity index (χ1v) is 9.45. The molecule has 0 radical (unpaired) electrons. The van der Waals surface area contributed by atoms with Crippen LogP contribution in [0.25, 0.3) is 0 Å². The minimum Gasteiger partial charge on any atom is -0.482 e. The number of aryl methyl sites for hydroxylation is 1. The summed E-state index contributed by atoms with van der Waals surface area (Å²) in [4.78, 5) is 35.3. The molecule has 0 aliphatic heterocycles. The van der Waals surface area contributed by atoms with Crippen molar-refractivity contribution in [1.29, 1.82) is 0 Å². The molecule has 2 N–H and O–H groups in total. The van der Waals surface area contributed by atoms with Crippen molar-refractivity contribution in [2.75, 3.05) is 13.2 Å². The molecule has 2 atom stereocenters. The lowest BCUT2D eigenvalue weighted by molar-refractivity contribution is -0.150. The summed E-state index contributed by atoms with van der Waals surface area (Å²) < 4.78 is 10.1. The van der Waals surface area contributed by atoms with Crippen LogP contribution in [0.15, 0.2) is 24.3 Å². The molecule has 2 unspecified atom stereocenters. The lowest BCUT2D eigenvalue weighted by Crippen LogP contribution is -2.48. The summed E-state index contributed by atoms with van der Waals surface area (Å²) in [5.74, 6) is -0.404. The second kappa shape index (κ2) is 10.5. The first kappa shape index (κ1) is 20.7. The third-order valence-electron chi connectivity index (χ3n) is 4.73. The average molecular weight is 376 g/mol. The van der Waals surface area contributed by atoms with Crippen molar-refractivity contribution in [3.05, 3.63) is 29.8 Å². The number of benzene rings is 1. The monoisotopic (exact) mass is 376 g/mol. The molecule has 1 aliphatic rings. The Morgan fingerprint density at radius 2 is 1.78 bits per heavy atom. The van der Waals surface area contributed by atoms with Gasteiger partial charge in [0.15, 0.2) is 13.2 Å². The molecule has 148 valence electrons. The Morgan fingerprint density at radius 1 is 1.07 bits per heavy atom. The van der Waals surface area contributed by atoms with Crippen molar-refractivity contribution < 1.29 is 23.9 Å². The molecule has 2 rings (SSSR count). The topological polar surface area (TPSA) is 93.7 Å². The van der Waals surface area contributed by atoms with Crippen LogP contribution in [0.1, 0.15) is 45.1 Å². The molecule has 0 saturated heterocycles. The minimum absolute atomic E-state index is 0.0709. The fourth-order valence-corrected chi connectivity index (χ4v) is 3.05. The van der Waals surface area contributed by atoms with Gasteiger partial charge in [0.2, 0.25) is 0 Å².